The third-order valence-corrected chi connectivity index (χ3v) is 4.13. The number of nitrogens with one attached hydrogen (secondary N) is 1. The summed E-state index contributed by atoms with van der Waals surface area (Å²) in [7, 11) is 0. The van der Waals surface area contributed by atoms with Gasteiger partial charge in [0.05, 0.1) is 12.6 Å². The smallest absolute Gasteiger partial charge is 0.255 e. The first-order chi connectivity index (χ1) is 10.3. The van der Waals surface area contributed by atoms with E-state index < -0.39 is 0 Å². The SMILES string of the molecule is CC(C)NCc1ccc(C(C)(C)C)n(CC2CCCO2)c1=O. The van der Waals surface area contributed by atoms with Crippen LogP contribution in [-0.4, -0.2) is 23.3 Å². The summed E-state index contributed by atoms with van der Waals surface area (Å²) in [4.78, 5) is 12.9. The van der Waals surface area contributed by atoms with Gasteiger partial charge in [-0.2, -0.15) is 0 Å². The number of hydrogen-bond acceptors (Lipinski definition) is 3. The van der Waals surface area contributed by atoms with E-state index in [9.17, 15) is 4.79 Å². The molecular formula is C18H30N2O2. The van der Waals surface area contributed by atoms with Crippen LogP contribution in [0, 0.1) is 0 Å². The Labute approximate surface area is 133 Å². The van der Waals surface area contributed by atoms with Crippen molar-refractivity contribution in [2.75, 3.05) is 6.61 Å². The highest BCUT2D eigenvalue weighted by Crippen LogP contribution is 2.23. The first kappa shape index (κ1) is 17.2. The van der Waals surface area contributed by atoms with Crippen molar-refractivity contribution >= 4 is 0 Å². The van der Waals surface area contributed by atoms with Crippen LogP contribution in [0.5, 0.6) is 0 Å². The summed E-state index contributed by atoms with van der Waals surface area (Å²) in [5, 5.41) is 3.34. The Morgan fingerprint density at radius 2 is 2.09 bits per heavy atom. The molecule has 1 aliphatic heterocycles. The van der Waals surface area contributed by atoms with Crippen molar-refractivity contribution in [3.63, 3.8) is 0 Å². The fourth-order valence-electron chi connectivity index (χ4n) is 2.90. The van der Waals surface area contributed by atoms with Gasteiger partial charge in [-0.05, 0) is 18.9 Å². The van der Waals surface area contributed by atoms with Crippen LogP contribution in [0.1, 0.15) is 58.7 Å². The molecule has 2 heterocycles. The fourth-order valence-corrected chi connectivity index (χ4v) is 2.90. The number of ether oxygens (including phenoxy) is 1. The minimum atomic E-state index is -0.0538. The van der Waals surface area contributed by atoms with E-state index in [1.807, 2.05) is 10.6 Å². The Hall–Kier alpha value is -1.13. The van der Waals surface area contributed by atoms with Gasteiger partial charge in [-0.3, -0.25) is 4.79 Å². The molecule has 2 rings (SSSR count). The van der Waals surface area contributed by atoms with Crippen LogP contribution in [0.25, 0.3) is 0 Å². The number of pyridine rings is 1. The van der Waals surface area contributed by atoms with Crippen LogP contribution in [0.3, 0.4) is 0 Å². The highest BCUT2D eigenvalue weighted by Gasteiger charge is 2.24. The van der Waals surface area contributed by atoms with Crippen LogP contribution in [0.15, 0.2) is 16.9 Å². The third-order valence-electron chi connectivity index (χ3n) is 4.13. The predicted molar refractivity (Wildman–Crippen MR) is 90.4 cm³/mol. The average molecular weight is 306 g/mol. The molecule has 0 amide bonds. The summed E-state index contributed by atoms with van der Waals surface area (Å²) in [6.07, 6.45) is 2.32. The van der Waals surface area contributed by atoms with E-state index >= 15 is 0 Å². The zero-order chi connectivity index (χ0) is 16.3. The molecule has 1 aliphatic rings. The normalized spacial score (nSPS) is 19.1. The third kappa shape index (κ3) is 4.20. The van der Waals surface area contributed by atoms with E-state index in [4.69, 9.17) is 4.74 Å². The minimum Gasteiger partial charge on any atom is -0.376 e. The Bertz CT molecular complexity index is 549. The molecule has 0 bridgehead atoms. The van der Waals surface area contributed by atoms with Gasteiger partial charge in [0.1, 0.15) is 0 Å². The Morgan fingerprint density at radius 3 is 2.64 bits per heavy atom. The predicted octanol–water partition coefficient (Wildman–Crippen LogP) is 2.82. The monoisotopic (exact) mass is 306 g/mol. The van der Waals surface area contributed by atoms with Crippen molar-refractivity contribution in [1.82, 2.24) is 9.88 Å². The quantitative estimate of drug-likeness (QED) is 0.909. The summed E-state index contributed by atoms with van der Waals surface area (Å²) in [6.45, 7) is 12.7. The molecule has 0 saturated carbocycles. The lowest BCUT2D eigenvalue weighted by Crippen LogP contribution is -2.36. The molecule has 0 aromatic carbocycles. The van der Waals surface area contributed by atoms with Gasteiger partial charge < -0.3 is 14.6 Å². The molecule has 1 aromatic heterocycles. The summed E-state index contributed by atoms with van der Waals surface area (Å²) in [5.74, 6) is 0. The zero-order valence-electron chi connectivity index (χ0n) is 14.6. The van der Waals surface area contributed by atoms with Crippen molar-refractivity contribution in [2.24, 2.45) is 0 Å². The number of aromatic nitrogens is 1. The van der Waals surface area contributed by atoms with E-state index in [1.54, 1.807) is 0 Å². The van der Waals surface area contributed by atoms with Crippen molar-refractivity contribution in [2.45, 2.75) is 78.1 Å². The molecule has 1 N–H and O–H groups in total. The summed E-state index contributed by atoms with van der Waals surface area (Å²) in [5.41, 5.74) is 1.99. The molecular weight excluding hydrogens is 276 g/mol. The van der Waals surface area contributed by atoms with E-state index in [2.05, 4.69) is 46.0 Å². The van der Waals surface area contributed by atoms with Crippen LogP contribution >= 0.6 is 0 Å². The maximum atomic E-state index is 12.9. The molecule has 4 heteroatoms. The zero-order valence-corrected chi connectivity index (χ0v) is 14.6. The lowest BCUT2D eigenvalue weighted by atomic mass is 9.90. The first-order valence-electron chi connectivity index (χ1n) is 8.37. The van der Waals surface area contributed by atoms with Crippen LogP contribution in [0.4, 0.5) is 0 Å². The van der Waals surface area contributed by atoms with Gasteiger partial charge in [0.2, 0.25) is 0 Å². The average Bonchev–Trinajstić information content (AvgIpc) is 2.91. The summed E-state index contributed by atoms with van der Waals surface area (Å²) >= 11 is 0. The highest BCUT2D eigenvalue weighted by molar-refractivity contribution is 5.21. The van der Waals surface area contributed by atoms with Gasteiger partial charge in [-0.1, -0.05) is 40.7 Å². The van der Waals surface area contributed by atoms with E-state index in [0.29, 0.717) is 19.1 Å². The topological polar surface area (TPSA) is 43.3 Å². The number of nitrogens with zero attached hydrogens (tertiary/aromatic N) is 1. The van der Waals surface area contributed by atoms with Crippen LogP contribution in [-0.2, 0) is 23.2 Å². The van der Waals surface area contributed by atoms with Crippen LogP contribution in [0.2, 0.25) is 0 Å². The van der Waals surface area contributed by atoms with Crippen molar-refractivity contribution in [3.05, 3.63) is 33.7 Å². The Morgan fingerprint density at radius 1 is 1.36 bits per heavy atom. The standard InChI is InChI=1S/C18H30N2O2/c1-13(2)19-11-14-8-9-16(18(3,4)5)20(17(14)21)12-15-7-6-10-22-15/h8-9,13,15,19H,6-7,10-12H2,1-5H3. The molecule has 124 valence electrons. The van der Waals surface area contributed by atoms with Gasteiger partial charge in [0.15, 0.2) is 0 Å². The molecule has 0 aliphatic carbocycles. The lowest BCUT2D eigenvalue weighted by molar-refractivity contribution is 0.0946. The maximum Gasteiger partial charge on any atom is 0.255 e. The summed E-state index contributed by atoms with van der Waals surface area (Å²) in [6, 6.07) is 4.45. The molecule has 4 nitrogen and oxygen atoms in total. The molecule has 1 atom stereocenters. The lowest BCUT2D eigenvalue weighted by Gasteiger charge is -2.26. The molecule has 1 aromatic rings. The fraction of sp³-hybridized carbons (Fsp3) is 0.722. The number of hydrogen-bond donors (Lipinski definition) is 1. The maximum absolute atomic E-state index is 12.9. The second-order valence-corrected chi connectivity index (χ2v) is 7.58. The van der Waals surface area contributed by atoms with Gasteiger partial charge in [-0.25, -0.2) is 0 Å². The Balaban J connectivity index is 2.35. The molecule has 0 spiro atoms. The van der Waals surface area contributed by atoms with Crippen LogP contribution < -0.4 is 10.9 Å². The molecule has 0 radical (unpaired) electrons. The van der Waals surface area contributed by atoms with Gasteiger partial charge in [0.25, 0.3) is 5.56 Å². The second kappa shape index (κ2) is 6.97. The number of rotatable bonds is 5. The molecule has 22 heavy (non-hydrogen) atoms. The minimum absolute atomic E-state index is 0.0538. The van der Waals surface area contributed by atoms with Gasteiger partial charge >= 0.3 is 0 Å². The Kier molecular flexibility index (Phi) is 5.45. The molecule has 1 fully saturated rings. The molecule has 1 saturated heterocycles. The van der Waals surface area contributed by atoms with Gasteiger partial charge in [-0.15, -0.1) is 0 Å². The van der Waals surface area contributed by atoms with Crippen molar-refractivity contribution in [3.8, 4) is 0 Å². The van der Waals surface area contributed by atoms with E-state index in [1.165, 1.54) is 0 Å². The highest BCUT2D eigenvalue weighted by atomic mass is 16.5. The van der Waals surface area contributed by atoms with Gasteiger partial charge in [0, 0.05) is 35.9 Å². The largest absolute Gasteiger partial charge is 0.376 e. The van der Waals surface area contributed by atoms with E-state index in [0.717, 1.165) is 30.7 Å². The molecule has 1 unspecified atom stereocenters. The first-order valence-corrected chi connectivity index (χ1v) is 8.37. The van der Waals surface area contributed by atoms with Crippen molar-refractivity contribution < 1.29 is 4.74 Å². The summed E-state index contributed by atoms with van der Waals surface area (Å²) < 4.78 is 7.68. The second-order valence-electron chi connectivity index (χ2n) is 7.58. The van der Waals surface area contributed by atoms with Crippen molar-refractivity contribution in [1.29, 1.82) is 0 Å². The van der Waals surface area contributed by atoms with E-state index in [-0.39, 0.29) is 17.1 Å².